The Morgan fingerprint density at radius 3 is 2.86 bits per heavy atom. The van der Waals surface area contributed by atoms with Gasteiger partial charge in [-0.1, -0.05) is 13.3 Å². The lowest BCUT2D eigenvalue weighted by molar-refractivity contribution is 0.245. The van der Waals surface area contributed by atoms with Crippen molar-refractivity contribution in [1.29, 1.82) is 0 Å². The second kappa shape index (κ2) is 4.05. The molecule has 1 N–H and O–H groups in total. The second-order valence-electron chi connectivity index (χ2n) is 5.57. The highest BCUT2D eigenvalue weighted by Crippen LogP contribution is 2.38. The van der Waals surface area contributed by atoms with Gasteiger partial charge < -0.3 is 5.32 Å². The molecule has 2 aliphatic rings. The zero-order chi connectivity index (χ0) is 10.2. The lowest BCUT2D eigenvalue weighted by atomic mass is 9.83. The zero-order valence-electron chi connectivity index (χ0n) is 9.68. The van der Waals surface area contributed by atoms with Crippen molar-refractivity contribution in [3.8, 4) is 0 Å². The van der Waals surface area contributed by atoms with E-state index in [0.717, 1.165) is 17.2 Å². The molecule has 0 radical (unpaired) electrons. The van der Waals surface area contributed by atoms with Crippen molar-refractivity contribution in [3.05, 3.63) is 0 Å². The van der Waals surface area contributed by atoms with Crippen LogP contribution in [0.4, 0.5) is 0 Å². The van der Waals surface area contributed by atoms with Crippen LogP contribution in [0.2, 0.25) is 0 Å². The van der Waals surface area contributed by atoms with Gasteiger partial charge in [0.2, 0.25) is 0 Å². The molecule has 0 aromatic heterocycles. The first-order chi connectivity index (χ1) is 6.61. The molecule has 0 spiro atoms. The number of nitrogens with one attached hydrogen (secondary N) is 1. The van der Waals surface area contributed by atoms with Crippen molar-refractivity contribution < 1.29 is 0 Å². The maximum Gasteiger partial charge on any atom is 0.0218 e. The third kappa shape index (κ3) is 2.27. The topological polar surface area (TPSA) is 12.0 Å². The van der Waals surface area contributed by atoms with Crippen LogP contribution in [0.1, 0.15) is 46.5 Å². The molecule has 1 saturated heterocycles. The maximum absolute atomic E-state index is 3.82. The van der Waals surface area contributed by atoms with E-state index in [1.54, 1.807) is 0 Å². The monoisotopic (exact) mass is 213 g/mol. The van der Waals surface area contributed by atoms with Gasteiger partial charge in [0.05, 0.1) is 0 Å². The van der Waals surface area contributed by atoms with E-state index in [2.05, 4.69) is 37.8 Å². The average molecular weight is 213 g/mol. The van der Waals surface area contributed by atoms with E-state index in [4.69, 9.17) is 0 Å². The van der Waals surface area contributed by atoms with Gasteiger partial charge in [0.25, 0.3) is 0 Å². The van der Waals surface area contributed by atoms with Crippen molar-refractivity contribution in [2.24, 2.45) is 5.92 Å². The van der Waals surface area contributed by atoms with Crippen LogP contribution in [-0.4, -0.2) is 22.6 Å². The Balaban J connectivity index is 1.94. The molecule has 0 bridgehead atoms. The van der Waals surface area contributed by atoms with Gasteiger partial charge in [-0.25, -0.2) is 0 Å². The average Bonchev–Trinajstić information content (AvgIpc) is 2.16. The molecular weight excluding hydrogens is 190 g/mol. The van der Waals surface area contributed by atoms with E-state index < -0.39 is 0 Å². The minimum absolute atomic E-state index is 0.366. The summed E-state index contributed by atoms with van der Waals surface area (Å²) in [6, 6.07) is 0.798. The second-order valence-corrected chi connectivity index (χ2v) is 6.80. The van der Waals surface area contributed by atoms with Crippen LogP contribution >= 0.6 is 11.8 Å². The fourth-order valence-electron chi connectivity index (χ4n) is 2.79. The summed E-state index contributed by atoms with van der Waals surface area (Å²) in [4.78, 5) is 0. The highest BCUT2D eigenvalue weighted by atomic mass is 32.2. The van der Waals surface area contributed by atoms with Crippen molar-refractivity contribution in [2.75, 3.05) is 5.75 Å². The van der Waals surface area contributed by atoms with Crippen LogP contribution in [0, 0.1) is 5.92 Å². The standard InChI is InChI=1S/C12H23NS/c1-4-9-5-6-10-11(7-9)14-8-12(2,3)13-10/h9-11,13H,4-8H2,1-3H3. The summed E-state index contributed by atoms with van der Waals surface area (Å²) in [6.45, 7) is 7.01. The third-order valence-corrected chi connectivity index (χ3v) is 5.55. The van der Waals surface area contributed by atoms with Gasteiger partial charge in [-0.15, -0.1) is 0 Å². The minimum atomic E-state index is 0.366. The summed E-state index contributed by atoms with van der Waals surface area (Å²) >= 11 is 2.21. The van der Waals surface area contributed by atoms with Crippen LogP contribution in [-0.2, 0) is 0 Å². The van der Waals surface area contributed by atoms with Crippen LogP contribution in [0.5, 0.6) is 0 Å². The van der Waals surface area contributed by atoms with Gasteiger partial charge in [-0.05, 0) is 39.0 Å². The molecule has 0 amide bonds. The van der Waals surface area contributed by atoms with Gasteiger partial charge in [0.15, 0.2) is 0 Å². The number of thioether (sulfide) groups is 1. The Morgan fingerprint density at radius 2 is 2.14 bits per heavy atom. The van der Waals surface area contributed by atoms with Crippen molar-refractivity contribution in [3.63, 3.8) is 0 Å². The summed E-state index contributed by atoms with van der Waals surface area (Å²) < 4.78 is 0. The summed E-state index contributed by atoms with van der Waals surface area (Å²) in [6.07, 6.45) is 5.68. The van der Waals surface area contributed by atoms with Gasteiger partial charge in [-0.3, -0.25) is 0 Å². The number of fused-ring (bicyclic) bond motifs is 1. The predicted molar refractivity (Wildman–Crippen MR) is 64.9 cm³/mol. The largest absolute Gasteiger partial charge is 0.307 e. The molecule has 1 saturated carbocycles. The van der Waals surface area contributed by atoms with Crippen molar-refractivity contribution >= 4 is 11.8 Å². The normalized spacial score (nSPS) is 41.8. The molecule has 0 aromatic carbocycles. The molecule has 1 aliphatic heterocycles. The Morgan fingerprint density at radius 1 is 1.36 bits per heavy atom. The van der Waals surface area contributed by atoms with Gasteiger partial charge in [-0.2, -0.15) is 11.8 Å². The van der Waals surface area contributed by atoms with Gasteiger partial charge in [0.1, 0.15) is 0 Å². The van der Waals surface area contributed by atoms with Gasteiger partial charge >= 0.3 is 0 Å². The van der Waals surface area contributed by atoms with Crippen LogP contribution in [0.25, 0.3) is 0 Å². The highest BCUT2D eigenvalue weighted by molar-refractivity contribution is 8.00. The van der Waals surface area contributed by atoms with E-state index in [0.29, 0.717) is 5.54 Å². The number of hydrogen-bond acceptors (Lipinski definition) is 2. The Hall–Kier alpha value is 0.310. The lowest BCUT2D eigenvalue weighted by Gasteiger charge is -2.46. The summed E-state index contributed by atoms with van der Waals surface area (Å²) in [5.41, 5.74) is 0.366. The molecule has 3 unspecified atom stereocenters. The first-order valence-electron chi connectivity index (χ1n) is 6.00. The summed E-state index contributed by atoms with van der Waals surface area (Å²) in [7, 11) is 0. The SMILES string of the molecule is CCC1CCC2NC(C)(C)CSC2C1. The van der Waals surface area contributed by atoms with Gasteiger partial charge in [0, 0.05) is 22.6 Å². The fraction of sp³-hybridized carbons (Fsp3) is 1.00. The van der Waals surface area contributed by atoms with Crippen molar-refractivity contribution in [2.45, 2.75) is 63.3 Å². The molecule has 0 aromatic rings. The lowest BCUT2D eigenvalue weighted by Crippen LogP contribution is -2.57. The van der Waals surface area contributed by atoms with E-state index >= 15 is 0 Å². The molecule has 2 heteroatoms. The van der Waals surface area contributed by atoms with E-state index in [9.17, 15) is 0 Å². The van der Waals surface area contributed by atoms with Crippen LogP contribution in [0.15, 0.2) is 0 Å². The van der Waals surface area contributed by atoms with Crippen LogP contribution in [0.3, 0.4) is 0 Å². The summed E-state index contributed by atoms with van der Waals surface area (Å²) in [5, 5.41) is 4.72. The molecule has 1 aliphatic carbocycles. The Bertz CT molecular complexity index is 202. The molecule has 2 rings (SSSR count). The Kier molecular flexibility index (Phi) is 3.13. The quantitative estimate of drug-likeness (QED) is 0.718. The zero-order valence-corrected chi connectivity index (χ0v) is 10.5. The smallest absolute Gasteiger partial charge is 0.0218 e. The molecule has 14 heavy (non-hydrogen) atoms. The molecule has 3 atom stereocenters. The first-order valence-corrected chi connectivity index (χ1v) is 7.05. The minimum Gasteiger partial charge on any atom is -0.307 e. The summed E-state index contributed by atoms with van der Waals surface area (Å²) in [5.74, 6) is 2.29. The van der Waals surface area contributed by atoms with E-state index in [-0.39, 0.29) is 0 Å². The molecule has 2 fully saturated rings. The maximum atomic E-state index is 3.82. The number of rotatable bonds is 1. The van der Waals surface area contributed by atoms with E-state index in [1.807, 2.05) is 0 Å². The number of hydrogen-bond donors (Lipinski definition) is 1. The van der Waals surface area contributed by atoms with E-state index in [1.165, 1.54) is 31.4 Å². The molecule has 1 heterocycles. The highest BCUT2D eigenvalue weighted by Gasteiger charge is 2.37. The Labute approximate surface area is 92.4 Å². The van der Waals surface area contributed by atoms with Crippen molar-refractivity contribution in [1.82, 2.24) is 5.32 Å². The molecule has 82 valence electrons. The molecule has 1 nitrogen and oxygen atoms in total. The predicted octanol–water partition coefficient (Wildman–Crippen LogP) is 3.05. The first kappa shape index (κ1) is 10.8. The third-order valence-electron chi connectivity index (χ3n) is 3.71. The molecular formula is C12H23NS. The fourth-order valence-corrected chi connectivity index (χ4v) is 4.35. The van der Waals surface area contributed by atoms with Crippen LogP contribution < -0.4 is 5.32 Å².